The molecule has 0 spiro atoms. The maximum atomic E-state index is 5.94. The number of nitrogens with two attached hydrogens (primary N) is 1. The molecule has 1 aliphatic heterocycles. The zero-order valence-corrected chi connectivity index (χ0v) is 8.13. The Kier molecular flexibility index (Phi) is 1.72. The highest BCUT2D eigenvalue weighted by Crippen LogP contribution is 2.41. The van der Waals surface area contributed by atoms with E-state index < -0.39 is 0 Å². The molecule has 2 rings (SSSR count). The molecule has 13 heavy (non-hydrogen) atoms. The van der Waals surface area contributed by atoms with Gasteiger partial charge in [-0.1, -0.05) is 19.9 Å². The number of hydrogen-bond acceptors (Lipinski definition) is 2. The number of nitrogen functional groups attached to an aromatic ring is 1. The Morgan fingerprint density at radius 1 is 1.38 bits per heavy atom. The monoisotopic (exact) mass is 177 g/mol. The highest BCUT2D eigenvalue weighted by Gasteiger charge is 2.30. The van der Waals surface area contributed by atoms with Crippen LogP contribution in [0.4, 0.5) is 5.69 Å². The summed E-state index contributed by atoms with van der Waals surface area (Å²) in [5.74, 6) is 0.955. The normalized spacial score (nSPS) is 18.9. The van der Waals surface area contributed by atoms with Gasteiger partial charge in [-0.3, -0.25) is 0 Å². The van der Waals surface area contributed by atoms with Gasteiger partial charge in [0, 0.05) is 11.3 Å². The highest BCUT2D eigenvalue weighted by atomic mass is 16.5. The van der Waals surface area contributed by atoms with Crippen LogP contribution >= 0.6 is 0 Å². The Labute approximate surface area is 78.7 Å². The summed E-state index contributed by atoms with van der Waals surface area (Å²) >= 11 is 0. The number of fused-ring (bicyclic) bond motifs is 1. The average molecular weight is 177 g/mol. The summed E-state index contributed by atoms with van der Waals surface area (Å²) in [5, 5.41) is 0. The minimum Gasteiger partial charge on any atom is -0.493 e. The second-order valence-electron chi connectivity index (χ2n) is 4.20. The second kappa shape index (κ2) is 2.66. The van der Waals surface area contributed by atoms with E-state index in [0.29, 0.717) is 0 Å². The molecule has 0 atom stereocenters. The van der Waals surface area contributed by atoms with Gasteiger partial charge in [0.05, 0.1) is 6.61 Å². The fourth-order valence-electron chi connectivity index (χ4n) is 1.93. The van der Waals surface area contributed by atoms with Gasteiger partial charge in [-0.2, -0.15) is 0 Å². The molecule has 1 aromatic carbocycles. The van der Waals surface area contributed by atoms with Crippen molar-refractivity contribution in [2.75, 3.05) is 12.3 Å². The van der Waals surface area contributed by atoms with Gasteiger partial charge in [0.15, 0.2) is 0 Å². The second-order valence-corrected chi connectivity index (χ2v) is 4.20. The Hall–Kier alpha value is -1.18. The predicted molar refractivity (Wildman–Crippen MR) is 54.0 cm³/mol. The summed E-state index contributed by atoms with van der Waals surface area (Å²) in [6.45, 7) is 5.22. The van der Waals surface area contributed by atoms with Crippen molar-refractivity contribution in [3.8, 4) is 5.75 Å². The van der Waals surface area contributed by atoms with Gasteiger partial charge in [-0.05, 0) is 24.0 Å². The summed E-state index contributed by atoms with van der Waals surface area (Å²) in [7, 11) is 0. The highest BCUT2D eigenvalue weighted by molar-refractivity contribution is 5.58. The molecule has 2 heteroatoms. The minimum atomic E-state index is 0.152. The fourth-order valence-corrected chi connectivity index (χ4v) is 1.93. The molecule has 1 aromatic rings. The van der Waals surface area contributed by atoms with Crippen LogP contribution in [0.2, 0.25) is 0 Å². The van der Waals surface area contributed by atoms with Crippen LogP contribution in [0, 0.1) is 0 Å². The summed E-state index contributed by atoms with van der Waals surface area (Å²) in [5.41, 5.74) is 8.11. The molecule has 70 valence electrons. The van der Waals surface area contributed by atoms with Crippen molar-refractivity contribution in [3.63, 3.8) is 0 Å². The van der Waals surface area contributed by atoms with Gasteiger partial charge in [-0.25, -0.2) is 0 Å². The molecule has 2 N–H and O–H groups in total. The molecule has 0 fully saturated rings. The molecular formula is C11H15NO. The Morgan fingerprint density at radius 2 is 2.15 bits per heavy atom. The minimum absolute atomic E-state index is 0.152. The van der Waals surface area contributed by atoms with Gasteiger partial charge in [0.25, 0.3) is 0 Å². The van der Waals surface area contributed by atoms with E-state index in [1.807, 2.05) is 18.2 Å². The molecule has 1 aliphatic rings. The van der Waals surface area contributed by atoms with Crippen molar-refractivity contribution in [3.05, 3.63) is 23.8 Å². The smallest absolute Gasteiger partial charge is 0.125 e. The molecule has 0 aliphatic carbocycles. The third-order valence-electron chi connectivity index (χ3n) is 2.72. The molecule has 0 saturated carbocycles. The number of benzene rings is 1. The van der Waals surface area contributed by atoms with Crippen molar-refractivity contribution >= 4 is 5.69 Å². The SMILES string of the molecule is CC1(C)CCOc2cccc(N)c21. The summed E-state index contributed by atoms with van der Waals surface area (Å²) in [6, 6.07) is 5.87. The number of ether oxygens (including phenoxy) is 1. The van der Waals surface area contributed by atoms with Crippen LogP contribution in [0.25, 0.3) is 0 Å². The molecular weight excluding hydrogens is 162 g/mol. The third-order valence-corrected chi connectivity index (χ3v) is 2.72. The first-order valence-electron chi connectivity index (χ1n) is 4.63. The van der Waals surface area contributed by atoms with E-state index in [1.54, 1.807) is 0 Å². The van der Waals surface area contributed by atoms with Crippen molar-refractivity contribution < 1.29 is 4.74 Å². The van der Waals surface area contributed by atoms with Crippen LogP contribution < -0.4 is 10.5 Å². The van der Waals surface area contributed by atoms with Crippen molar-refractivity contribution in [1.82, 2.24) is 0 Å². The van der Waals surface area contributed by atoms with E-state index in [1.165, 1.54) is 5.56 Å². The molecule has 1 heterocycles. The van der Waals surface area contributed by atoms with Crippen LogP contribution in [0.15, 0.2) is 18.2 Å². The molecule has 0 amide bonds. The fraction of sp³-hybridized carbons (Fsp3) is 0.455. The lowest BCUT2D eigenvalue weighted by molar-refractivity contribution is 0.235. The first-order chi connectivity index (χ1) is 6.11. The van der Waals surface area contributed by atoms with Crippen LogP contribution in [0.5, 0.6) is 5.75 Å². The van der Waals surface area contributed by atoms with E-state index in [-0.39, 0.29) is 5.41 Å². The van der Waals surface area contributed by atoms with E-state index in [2.05, 4.69) is 13.8 Å². The first-order valence-corrected chi connectivity index (χ1v) is 4.63. The number of rotatable bonds is 0. The van der Waals surface area contributed by atoms with E-state index in [4.69, 9.17) is 10.5 Å². The maximum absolute atomic E-state index is 5.94. The third kappa shape index (κ3) is 1.26. The van der Waals surface area contributed by atoms with Crippen molar-refractivity contribution in [2.24, 2.45) is 0 Å². The molecule has 0 aromatic heterocycles. The van der Waals surface area contributed by atoms with E-state index >= 15 is 0 Å². The van der Waals surface area contributed by atoms with E-state index in [9.17, 15) is 0 Å². The largest absolute Gasteiger partial charge is 0.493 e. The van der Waals surface area contributed by atoms with Gasteiger partial charge >= 0.3 is 0 Å². The van der Waals surface area contributed by atoms with Gasteiger partial charge < -0.3 is 10.5 Å². The Morgan fingerprint density at radius 3 is 2.85 bits per heavy atom. The van der Waals surface area contributed by atoms with Crippen LogP contribution in [0.1, 0.15) is 25.8 Å². The topological polar surface area (TPSA) is 35.2 Å². The number of anilines is 1. The lowest BCUT2D eigenvalue weighted by Crippen LogP contribution is -2.27. The number of hydrogen-bond donors (Lipinski definition) is 1. The summed E-state index contributed by atoms with van der Waals surface area (Å²) in [4.78, 5) is 0. The Bertz CT molecular complexity index is 331. The summed E-state index contributed by atoms with van der Waals surface area (Å²) < 4.78 is 5.56. The Balaban J connectivity index is 2.61. The van der Waals surface area contributed by atoms with Gasteiger partial charge in [-0.15, -0.1) is 0 Å². The summed E-state index contributed by atoms with van der Waals surface area (Å²) in [6.07, 6.45) is 1.04. The zero-order valence-electron chi connectivity index (χ0n) is 8.13. The standard InChI is InChI=1S/C11H15NO/c1-11(2)6-7-13-9-5-3-4-8(12)10(9)11/h3-5H,6-7,12H2,1-2H3. The average Bonchev–Trinajstić information content (AvgIpc) is 2.02. The lowest BCUT2D eigenvalue weighted by Gasteiger charge is -2.33. The van der Waals surface area contributed by atoms with Crippen LogP contribution in [0.3, 0.4) is 0 Å². The van der Waals surface area contributed by atoms with Gasteiger partial charge in [0.1, 0.15) is 5.75 Å². The molecule has 0 bridgehead atoms. The van der Waals surface area contributed by atoms with Crippen molar-refractivity contribution in [2.45, 2.75) is 25.7 Å². The van der Waals surface area contributed by atoms with E-state index in [0.717, 1.165) is 24.5 Å². The van der Waals surface area contributed by atoms with Crippen molar-refractivity contribution in [1.29, 1.82) is 0 Å². The van der Waals surface area contributed by atoms with Crippen LogP contribution in [-0.4, -0.2) is 6.61 Å². The predicted octanol–water partition coefficient (Wildman–Crippen LogP) is 2.33. The zero-order chi connectivity index (χ0) is 9.47. The first kappa shape index (κ1) is 8.42. The maximum Gasteiger partial charge on any atom is 0.125 e. The molecule has 0 radical (unpaired) electrons. The molecule has 2 nitrogen and oxygen atoms in total. The quantitative estimate of drug-likeness (QED) is 0.617. The molecule has 0 saturated heterocycles. The lowest BCUT2D eigenvalue weighted by atomic mass is 9.79. The molecule has 0 unspecified atom stereocenters. The van der Waals surface area contributed by atoms with Crippen LogP contribution in [-0.2, 0) is 5.41 Å². The van der Waals surface area contributed by atoms with Gasteiger partial charge in [0.2, 0.25) is 0 Å².